The van der Waals surface area contributed by atoms with Gasteiger partial charge in [0.1, 0.15) is 0 Å². The topological polar surface area (TPSA) is 93.0 Å². The van der Waals surface area contributed by atoms with Crippen molar-refractivity contribution in [2.45, 2.75) is 64.5 Å². The monoisotopic (exact) mass is 499 g/mol. The molecule has 2 aliphatic rings. The van der Waals surface area contributed by atoms with Crippen molar-refractivity contribution in [3.05, 3.63) is 24.1 Å². The highest BCUT2D eigenvalue weighted by atomic mass is 16.5. The minimum atomic E-state index is 0.00497. The summed E-state index contributed by atoms with van der Waals surface area (Å²) in [6.45, 7) is 7.49. The van der Waals surface area contributed by atoms with Crippen molar-refractivity contribution in [2.75, 3.05) is 46.9 Å². The number of nitrogens with one attached hydrogen (secondary N) is 1. The molecular weight excluding hydrogens is 458 g/mol. The summed E-state index contributed by atoms with van der Waals surface area (Å²) in [6.07, 6.45) is 8.12. The van der Waals surface area contributed by atoms with Crippen molar-refractivity contribution < 1.29 is 18.8 Å². The second kappa shape index (κ2) is 13.1. The van der Waals surface area contributed by atoms with Crippen molar-refractivity contribution >= 4 is 5.91 Å². The molecule has 2 aliphatic heterocycles. The van der Waals surface area contributed by atoms with Crippen molar-refractivity contribution in [3.8, 4) is 22.9 Å². The van der Waals surface area contributed by atoms with Crippen LogP contribution in [0.25, 0.3) is 11.4 Å². The normalized spacial score (nSPS) is 21.3. The molecule has 0 radical (unpaired) electrons. The van der Waals surface area contributed by atoms with E-state index in [1.807, 2.05) is 18.2 Å². The number of aromatic nitrogens is 2. The number of amides is 1. The molecule has 1 N–H and O–H groups in total. The van der Waals surface area contributed by atoms with E-state index in [0.29, 0.717) is 36.3 Å². The lowest BCUT2D eigenvalue weighted by Gasteiger charge is -2.35. The Morgan fingerprint density at radius 2 is 2.00 bits per heavy atom. The number of hydrogen-bond acceptors (Lipinski definition) is 8. The van der Waals surface area contributed by atoms with Crippen LogP contribution in [0.15, 0.2) is 22.7 Å². The van der Waals surface area contributed by atoms with E-state index in [-0.39, 0.29) is 11.8 Å². The molecular formula is C27H41N5O4. The fourth-order valence-electron chi connectivity index (χ4n) is 5.47. The quantitative estimate of drug-likeness (QED) is 0.468. The maximum atomic E-state index is 12.8. The van der Waals surface area contributed by atoms with Crippen LogP contribution in [0.2, 0.25) is 0 Å². The van der Waals surface area contributed by atoms with Crippen LogP contribution in [0.3, 0.4) is 0 Å². The van der Waals surface area contributed by atoms with E-state index in [1.165, 1.54) is 32.2 Å². The number of carbonyl (C=O) groups excluding carboxylic acids is 1. The minimum absolute atomic E-state index is 0.00497. The lowest BCUT2D eigenvalue weighted by molar-refractivity contribution is -0.126. The van der Waals surface area contributed by atoms with Gasteiger partial charge in [0.05, 0.1) is 26.7 Å². The standard InChI is InChI=1S/C27H41N5O4/c1-4-22-10-5-6-15-32(22)16-8-13-28-27(33)21-9-7-14-31(18-21)19-25-29-26(30-36-25)20-11-12-23(34-2)24(17-20)35-3/h11-12,17,21-22H,4-10,13-16,18-19H2,1-3H3,(H,28,33). The highest BCUT2D eigenvalue weighted by molar-refractivity contribution is 5.78. The summed E-state index contributed by atoms with van der Waals surface area (Å²) in [5.41, 5.74) is 0.799. The van der Waals surface area contributed by atoms with E-state index < -0.39 is 0 Å². The van der Waals surface area contributed by atoms with E-state index in [4.69, 9.17) is 14.0 Å². The Balaban J connectivity index is 1.24. The zero-order valence-corrected chi connectivity index (χ0v) is 22.0. The number of hydrogen-bond donors (Lipinski definition) is 1. The highest BCUT2D eigenvalue weighted by Gasteiger charge is 2.27. The van der Waals surface area contributed by atoms with Crippen LogP contribution in [-0.2, 0) is 11.3 Å². The lowest BCUT2D eigenvalue weighted by atomic mass is 9.97. The van der Waals surface area contributed by atoms with Crippen LogP contribution < -0.4 is 14.8 Å². The molecule has 3 heterocycles. The van der Waals surface area contributed by atoms with Crippen LogP contribution in [0.4, 0.5) is 0 Å². The van der Waals surface area contributed by atoms with Crippen molar-refractivity contribution in [1.29, 1.82) is 0 Å². The van der Waals surface area contributed by atoms with Gasteiger partial charge in [0.15, 0.2) is 11.5 Å². The lowest BCUT2D eigenvalue weighted by Crippen LogP contribution is -2.44. The third-order valence-corrected chi connectivity index (χ3v) is 7.49. The summed E-state index contributed by atoms with van der Waals surface area (Å²) in [6, 6.07) is 6.26. The first-order valence-corrected chi connectivity index (χ1v) is 13.4. The average Bonchev–Trinajstić information content (AvgIpc) is 3.39. The van der Waals surface area contributed by atoms with E-state index in [9.17, 15) is 4.79 Å². The van der Waals surface area contributed by atoms with Crippen LogP contribution in [-0.4, -0.2) is 78.8 Å². The number of rotatable bonds is 11. The number of carbonyl (C=O) groups is 1. The number of methoxy groups -OCH3 is 2. The molecule has 2 atom stereocenters. The van der Waals surface area contributed by atoms with Crippen LogP contribution in [0.1, 0.15) is 57.8 Å². The van der Waals surface area contributed by atoms with Crippen molar-refractivity contribution in [1.82, 2.24) is 25.3 Å². The maximum Gasteiger partial charge on any atom is 0.241 e. The first-order valence-electron chi connectivity index (χ1n) is 13.4. The summed E-state index contributed by atoms with van der Waals surface area (Å²) in [5.74, 6) is 2.50. The van der Waals surface area contributed by atoms with Gasteiger partial charge < -0.3 is 24.2 Å². The molecule has 9 nitrogen and oxygen atoms in total. The van der Waals surface area contributed by atoms with Crippen LogP contribution in [0.5, 0.6) is 11.5 Å². The van der Waals surface area contributed by atoms with Gasteiger partial charge in [0.25, 0.3) is 0 Å². The number of piperidine rings is 2. The van der Waals surface area contributed by atoms with Gasteiger partial charge in [-0.15, -0.1) is 0 Å². The molecule has 2 fully saturated rings. The smallest absolute Gasteiger partial charge is 0.241 e. The van der Waals surface area contributed by atoms with Crippen molar-refractivity contribution in [3.63, 3.8) is 0 Å². The number of likely N-dealkylation sites (tertiary alicyclic amines) is 2. The van der Waals surface area contributed by atoms with E-state index in [1.54, 1.807) is 14.2 Å². The predicted molar refractivity (Wildman–Crippen MR) is 138 cm³/mol. The Bertz CT molecular complexity index is 981. The zero-order valence-electron chi connectivity index (χ0n) is 22.0. The molecule has 2 unspecified atom stereocenters. The molecule has 36 heavy (non-hydrogen) atoms. The molecule has 1 amide bonds. The molecule has 4 rings (SSSR count). The maximum absolute atomic E-state index is 12.8. The second-order valence-corrected chi connectivity index (χ2v) is 9.89. The van der Waals surface area contributed by atoms with Crippen LogP contribution >= 0.6 is 0 Å². The Labute approximate surface area is 214 Å². The van der Waals surface area contributed by atoms with Gasteiger partial charge in [0.2, 0.25) is 17.6 Å². The fourth-order valence-corrected chi connectivity index (χ4v) is 5.47. The van der Waals surface area contributed by atoms with Gasteiger partial charge in [-0.05, 0) is 69.8 Å². The first kappa shape index (κ1) is 26.4. The molecule has 1 aromatic heterocycles. The van der Waals surface area contributed by atoms with E-state index >= 15 is 0 Å². The molecule has 9 heteroatoms. The van der Waals surface area contributed by atoms with Gasteiger partial charge >= 0.3 is 0 Å². The zero-order chi connectivity index (χ0) is 25.3. The van der Waals surface area contributed by atoms with Crippen molar-refractivity contribution in [2.24, 2.45) is 5.92 Å². The number of benzene rings is 1. The minimum Gasteiger partial charge on any atom is -0.493 e. The third kappa shape index (κ3) is 6.76. The third-order valence-electron chi connectivity index (χ3n) is 7.49. The fraction of sp³-hybridized carbons (Fsp3) is 0.667. The average molecular weight is 500 g/mol. The summed E-state index contributed by atoms with van der Waals surface area (Å²) in [7, 11) is 3.20. The van der Waals surface area contributed by atoms with Gasteiger partial charge in [-0.3, -0.25) is 9.69 Å². The molecule has 0 bridgehead atoms. The number of ether oxygens (including phenoxy) is 2. The molecule has 0 aliphatic carbocycles. The SMILES string of the molecule is CCC1CCCCN1CCCNC(=O)C1CCCN(Cc2nc(-c3ccc(OC)c(OC)c3)no2)C1. The van der Waals surface area contributed by atoms with E-state index in [0.717, 1.165) is 50.5 Å². The van der Waals surface area contributed by atoms with Gasteiger partial charge in [0, 0.05) is 31.2 Å². The van der Waals surface area contributed by atoms with Gasteiger partial charge in [-0.1, -0.05) is 18.5 Å². The molecule has 2 saturated heterocycles. The molecule has 2 aromatic rings. The molecule has 0 saturated carbocycles. The largest absolute Gasteiger partial charge is 0.493 e. The predicted octanol–water partition coefficient (Wildman–Crippen LogP) is 3.74. The summed E-state index contributed by atoms with van der Waals surface area (Å²) in [4.78, 5) is 22.3. The van der Waals surface area contributed by atoms with Gasteiger partial charge in [-0.2, -0.15) is 4.98 Å². The second-order valence-electron chi connectivity index (χ2n) is 9.89. The Morgan fingerprint density at radius 3 is 2.81 bits per heavy atom. The molecule has 0 spiro atoms. The Morgan fingerprint density at radius 1 is 1.14 bits per heavy atom. The summed E-state index contributed by atoms with van der Waals surface area (Å²) < 4.78 is 16.2. The van der Waals surface area contributed by atoms with Gasteiger partial charge in [-0.25, -0.2) is 0 Å². The molecule has 198 valence electrons. The first-order chi connectivity index (χ1) is 17.6. The Kier molecular flexibility index (Phi) is 9.58. The summed E-state index contributed by atoms with van der Waals surface area (Å²) in [5, 5.41) is 7.33. The Hall–Kier alpha value is -2.65. The van der Waals surface area contributed by atoms with E-state index in [2.05, 4.69) is 32.2 Å². The highest BCUT2D eigenvalue weighted by Crippen LogP contribution is 2.31. The van der Waals surface area contributed by atoms with Crippen LogP contribution in [0, 0.1) is 5.92 Å². The molecule has 1 aromatic carbocycles. The number of nitrogens with zero attached hydrogens (tertiary/aromatic N) is 4. The summed E-state index contributed by atoms with van der Waals surface area (Å²) >= 11 is 0.